The lowest BCUT2D eigenvalue weighted by atomic mass is 10.0. The van der Waals surface area contributed by atoms with Crippen molar-refractivity contribution in [2.45, 2.75) is 38.0 Å². The van der Waals surface area contributed by atoms with Gasteiger partial charge in [-0.15, -0.1) is 0 Å². The van der Waals surface area contributed by atoms with Gasteiger partial charge < -0.3 is 0 Å². The molecule has 0 spiro atoms. The molecule has 4 nitrogen and oxygen atoms in total. The maximum absolute atomic E-state index is 13.4. The minimum atomic E-state index is -1.11. The van der Waals surface area contributed by atoms with E-state index in [1.807, 2.05) is 20.1 Å². The average Bonchev–Trinajstić information content (AvgIpc) is 2.37. The Morgan fingerprint density at radius 1 is 1.39 bits per heavy atom. The molecule has 0 atom stereocenters. The molecule has 102 valence electrons. The van der Waals surface area contributed by atoms with Crippen molar-refractivity contribution in [2.24, 2.45) is 0 Å². The Morgan fingerprint density at radius 2 is 1.94 bits per heavy atom. The molecule has 1 aromatic heterocycles. The van der Waals surface area contributed by atoms with E-state index in [1.165, 1.54) is 0 Å². The predicted molar refractivity (Wildman–Crippen MR) is 73.1 cm³/mol. The molecule has 1 N–H and O–H groups in total. The number of hydrogen-bond acceptors (Lipinski definition) is 3. The molecule has 0 aromatic carbocycles. The van der Waals surface area contributed by atoms with Gasteiger partial charge in [-0.3, -0.25) is 14.3 Å². The van der Waals surface area contributed by atoms with Crippen molar-refractivity contribution in [3.63, 3.8) is 0 Å². The highest BCUT2D eigenvalue weighted by molar-refractivity contribution is 8.00. The number of halogens is 2. The van der Waals surface area contributed by atoms with Crippen molar-refractivity contribution < 1.29 is 4.39 Å². The monoisotopic (exact) mass is 294 g/mol. The lowest BCUT2D eigenvalue weighted by Crippen LogP contribution is -2.43. The number of H-pyrrole nitrogens is 1. The zero-order chi connectivity index (χ0) is 13.9. The van der Waals surface area contributed by atoms with Crippen molar-refractivity contribution in [1.82, 2.24) is 9.55 Å². The van der Waals surface area contributed by atoms with Gasteiger partial charge in [0, 0.05) is 11.3 Å². The second-order valence-corrected chi connectivity index (χ2v) is 5.70. The normalized spacial score (nSPS) is 11.8. The highest BCUT2D eigenvalue weighted by Gasteiger charge is 2.27. The summed E-state index contributed by atoms with van der Waals surface area (Å²) in [6.45, 7) is 4.13. The quantitative estimate of drug-likeness (QED) is 0.848. The molecule has 0 radical (unpaired) electrons. The van der Waals surface area contributed by atoms with Crippen molar-refractivity contribution >= 4 is 23.4 Å². The molecule has 1 aromatic rings. The summed E-state index contributed by atoms with van der Waals surface area (Å²) in [6.07, 6.45) is 3.47. The van der Waals surface area contributed by atoms with Gasteiger partial charge in [0.15, 0.2) is 5.15 Å². The lowest BCUT2D eigenvalue weighted by Gasteiger charge is -2.29. The third kappa shape index (κ3) is 2.80. The van der Waals surface area contributed by atoms with E-state index in [0.717, 1.165) is 17.4 Å². The largest absolute Gasteiger partial charge is 0.329 e. The van der Waals surface area contributed by atoms with Crippen molar-refractivity contribution in [3.8, 4) is 0 Å². The van der Waals surface area contributed by atoms with Crippen LogP contribution in [0.15, 0.2) is 9.59 Å². The van der Waals surface area contributed by atoms with Crippen LogP contribution in [0.4, 0.5) is 4.39 Å². The summed E-state index contributed by atoms with van der Waals surface area (Å²) < 4.78 is 14.0. The molecule has 0 aliphatic heterocycles. The van der Waals surface area contributed by atoms with E-state index in [2.05, 4.69) is 4.98 Å². The fourth-order valence-electron chi connectivity index (χ4n) is 1.78. The first-order valence-corrected chi connectivity index (χ1v) is 7.24. The molecule has 0 aliphatic rings. The van der Waals surface area contributed by atoms with Crippen LogP contribution in [0.3, 0.4) is 0 Å². The van der Waals surface area contributed by atoms with Crippen LogP contribution >= 0.6 is 23.4 Å². The molecular formula is C11H16ClFN2O2S. The number of aromatic nitrogens is 2. The number of nitrogens with zero attached hydrogens (tertiary/aromatic N) is 1. The smallest absolute Gasteiger partial charge is 0.295 e. The van der Waals surface area contributed by atoms with Crippen molar-refractivity contribution in [2.75, 3.05) is 6.26 Å². The van der Waals surface area contributed by atoms with Gasteiger partial charge in [-0.25, -0.2) is 4.79 Å². The van der Waals surface area contributed by atoms with E-state index in [4.69, 9.17) is 11.6 Å². The van der Waals surface area contributed by atoms with Crippen LogP contribution in [0.1, 0.15) is 26.7 Å². The first-order valence-electron chi connectivity index (χ1n) is 5.64. The summed E-state index contributed by atoms with van der Waals surface area (Å²) in [6, 6.07) is 0. The van der Waals surface area contributed by atoms with E-state index < -0.39 is 22.2 Å². The summed E-state index contributed by atoms with van der Waals surface area (Å²) in [5.74, 6) is -1.11. The molecular weight excluding hydrogens is 279 g/mol. The van der Waals surface area contributed by atoms with Gasteiger partial charge in [-0.05, 0) is 19.1 Å². The Balaban J connectivity index is 3.32. The van der Waals surface area contributed by atoms with Crippen molar-refractivity contribution in [3.05, 3.63) is 31.8 Å². The predicted octanol–water partition coefficient (Wildman–Crippen LogP) is 2.25. The van der Waals surface area contributed by atoms with Crippen LogP contribution in [0.5, 0.6) is 0 Å². The van der Waals surface area contributed by atoms with Gasteiger partial charge in [-0.1, -0.05) is 25.4 Å². The third-order valence-corrected chi connectivity index (χ3v) is 5.09. The molecule has 1 heterocycles. The standard InChI is InChI=1S/C11H16ClFN2O2S/c1-4-11(5-2,18-3)6-15-9(16)7(13)8(12)14-10(15)17/h4-6H2,1-3H3,(H,14,17). The summed E-state index contributed by atoms with van der Waals surface area (Å²) in [7, 11) is 0. The SMILES string of the molecule is CCC(CC)(Cn1c(=O)[nH]c(Cl)c(F)c1=O)SC. The molecule has 0 bridgehead atoms. The molecule has 0 saturated carbocycles. The number of aromatic amines is 1. The third-order valence-electron chi connectivity index (χ3n) is 3.26. The Labute approximate surface area is 114 Å². The van der Waals surface area contributed by atoms with E-state index in [-0.39, 0.29) is 11.3 Å². The number of rotatable bonds is 5. The van der Waals surface area contributed by atoms with E-state index >= 15 is 0 Å². The fourth-order valence-corrected chi connectivity index (χ4v) is 2.78. The highest BCUT2D eigenvalue weighted by Crippen LogP contribution is 2.31. The number of thioether (sulfide) groups is 1. The molecule has 0 saturated heterocycles. The second-order valence-electron chi connectivity index (χ2n) is 4.04. The zero-order valence-electron chi connectivity index (χ0n) is 10.5. The summed E-state index contributed by atoms with van der Waals surface area (Å²) in [5, 5.41) is -0.538. The van der Waals surface area contributed by atoms with Crippen LogP contribution < -0.4 is 11.2 Å². The molecule has 0 aliphatic carbocycles. The maximum Gasteiger partial charge on any atom is 0.329 e. The van der Waals surface area contributed by atoms with E-state index in [9.17, 15) is 14.0 Å². The minimum Gasteiger partial charge on any atom is -0.295 e. The van der Waals surface area contributed by atoms with Gasteiger partial charge in [0.2, 0.25) is 5.82 Å². The maximum atomic E-state index is 13.4. The zero-order valence-corrected chi connectivity index (χ0v) is 12.1. The second kappa shape index (κ2) is 5.93. The van der Waals surface area contributed by atoms with Crippen molar-refractivity contribution in [1.29, 1.82) is 0 Å². The van der Waals surface area contributed by atoms with Gasteiger partial charge in [-0.2, -0.15) is 16.2 Å². The molecule has 0 unspecified atom stereocenters. The molecule has 7 heteroatoms. The summed E-state index contributed by atoms with van der Waals surface area (Å²) >= 11 is 6.99. The highest BCUT2D eigenvalue weighted by atomic mass is 35.5. The Morgan fingerprint density at radius 3 is 2.39 bits per heavy atom. The van der Waals surface area contributed by atoms with Crippen LogP contribution in [0.2, 0.25) is 5.15 Å². The molecule has 0 fully saturated rings. The van der Waals surface area contributed by atoms with Crippen LogP contribution in [-0.4, -0.2) is 20.6 Å². The van der Waals surface area contributed by atoms with Gasteiger partial charge in [0.25, 0.3) is 5.56 Å². The van der Waals surface area contributed by atoms with Gasteiger partial charge in [0.1, 0.15) is 0 Å². The van der Waals surface area contributed by atoms with Crippen LogP contribution in [0, 0.1) is 5.82 Å². The topological polar surface area (TPSA) is 54.9 Å². The minimum absolute atomic E-state index is 0.170. The van der Waals surface area contributed by atoms with E-state index in [1.54, 1.807) is 11.8 Å². The lowest BCUT2D eigenvalue weighted by molar-refractivity contribution is 0.432. The average molecular weight is 295 g/mol. The number of hydrogen-bond donors (Lipinski definition) is 1. The first kappa shape index (κ1) is 15.3. The summed E-state index contributed by atoms with van der Waals surface area (Å²) in [4.78, 5) is 25.5. The number of nitrogens with one attached hydrogen (secondary N) is 1. The molecule has 18 heavy (non-hydrogen) atoms. The molecule has 0 amide bonds. The molecule has 1 rings (SSSR count). The van der Waals surface area contributed by atoms with Gasteiger partial charge in [0.05, 0.1) is 0 Å². The summed E-state index contributed by atoms with van der Waals surface area (Å²) in [5.41, 5.74) is -1.64. The van der Waals surface area contributed by atoms with Crippen LogP contribution in [-0.2, 0) is 6.54 Å². The first-order chi connectivity index (χ1) is 8.40. The Hall–Kier alpha value is -0.750. The fraction of sp³-hybridized carbons (Fsp3) is 0.636. The van der Waals surface area contributed by atoms with Crippen LogP contribution in [0.25, 0.3) is 0 Å². The Kier molecular flexibility index (Phi) is 5.04. The van der Waals surface area contributed by atoms with Gasteiger partial charge >= 0.3 is 5.69 Å². The van der Waals surface area contributed by atoms with E-state index in [0.29, 0.717) is 0 Å². The Bertz CT molecular complexity index is 529.